The topological polar surface area (TPSA) is 67.4 Å². The van der Waals surface area contributed by atoms with E-state index in [1.165, 1.54) is 10.4 Å². The SMILES string of the molecule is CC(=O)CNc1ncc(CN2CCOC[C@H](Cc3cc(C)nc(C)c3)C2)s1.[HH]. The second-order valence-corrected chi connectivity index (χ2v) is 8.44. The van der Waals surface area contributed by atoms with Crippen molar-refractivity contribution >= 4 is 22.3 Å². The summed E-state index contributed by atoms with van der Waals surface area (Å²) in [6.07, 6.45) is 2.91. The van der Waals surface area contributed by atoms with Crippen LogP contribution in [0.15, 0.2) is 18.3 Å². The Kier molecular flexibility index (Phi) is 6.93. The third kappa shape index (κ3) is 6.37. The number of ketones is 1. The first-order valence-corrected chi connectivity index (χ1v) is 10.2. The zero-order valence-electron chi connectivity index (χ0n) is 16.3. The number of anilines is 1. The molecule has 27 heavy (non-hydrogen) atoms. The monoisotopic (exact) mass is 390 g/mol. The van der Waals surface area contributed by atoms with Crippen molar-refractivity contribution in [1.82, 2.24) is 14.9 Å². The van der Waals surface area contributed by atoms with Gasteiger partial charge in [0.25, 0.3) is 0 Å². The first kappa shape index (κ1) is 19.9. The lowest BCUT2D eigenvalue weighted by Gasteiger charge is -2.22. The van der Waals surface area contributed by atoms with Crippen LogP contribution in [0.5, 0.6) is 0 Å². The largest absolute Gasteiger partial charge is 0.380 e. The quantitative estimate of drug-likeness (QED) is 0.784. The highest BCUT2D eigenvalue weighted by Gasteiger charge is 2.20. The number of carbonyl (C=O) groups excluding carboxylic acids is 1. The number of hydrogen-bond donors (Lipinski definition) is 1. The summed E-state index contributed by atoms with van der Waals surface area (Å²) in [6.45, 7) is 10.4. The number of nitrogens with zero attached hydrogens (tertiary/aromatic N) is 3. The summed E-state index contributed by atoms with van der Waals surface area (Å²) in [6, 6.07) is 4.36. The smallest absolute Gasteiger partial charge is 0.183 e. The Bertz CT molecular complexity index is 763. The third-order valence-electron chi connectivity index (χ3n) is 4.51. The van der Waals surface area contributed by atoms with Crippen LogP contribution in [0, 0.1) is 19.8 Å². The molecule has 3 heterocycles. The average Bonchev–Trinajstić information content (AvgIpc) is 2.91. The molecule has 1 fully saturated rings. The van der Waals surface area contributed by atoms with Gasteiger partial charge in [-0.15, -0.1) is 11.3 Å². The van der Waals surface area contributed by atoms with E-state index in [-0.39, 0.29) is 7.21 Å². The lowest BCUT2D eigenvalue weighted by Crippen LogP contribution is -2.30. The third-order valence-corrected chi connectivity index (χ3v) is 5.45. The molecule has 0 spiro atoms. The van der Waals surface area contributed by atoms with E-state index in [2.05, 4.69) is 32.3 Å². The molecule has 3 rings (SSSR count). The summed E-state index contributed by atoms with van der Waals surface area (Å²) in [5.41, 5.74) is 3.49. The fourth-order valence-corrected chi connectivity index (χ4v) is 4.33. The highest BCUT2D eigenvalue weighted by Crippen LogP contribution is 2.22. The van der Waals surface area contributed by atoms with Gasteiger partial charge in [-0.25, -0.2) is 4.98 Å². The standard InChI is InChI=1S/C20H28N4O2S.H2/c1-14-6-17(7-15(2)23-14)8-18-11-24(4-5-26-13-18)12-19-10-22-20(27-19)21-9-16(3)25;/h6-7,10,18H,4-5,8-9,11-13H2,1-3H3,(H,21,22);1H/t18-;/m1./s1. The molecular weight excluding hydrogens is 360 g/mol. The van der Waals surface area contributed by atoms with Gasteiger partial charge >= 0.3 is 0 Å². The molecule has 0 aliphatic carbocycles. The molecule has 1 aliphatic heterocycles. The molecule has 1 atom stereocenters. The molecule has 2 aromatic rings. The lowest BCUT2D eigenvalue weighted by molar-refractivity contribution is -0.115. The van der Waals surface area contributed by atoms with E-state index in [9.17, 15) is 4.79 Å². The van der Waals surface area contributed by atoms with Gasteiger partial charge < -0.3 is 10.1 Å². The van der Waals surface area contributed by atoms with Crippen molar-refractivity contribution in [2.45, 2.75) is 33.7 Å². The molecule has 1 aliphatic rings. The Morgan fingerprint density at radius 2 is 2.19 bits per heavy atom. The molecule has 7 heteroatoms. The molecule has 1 saturated heterocycles. The van der Waals surface area contributed by atoms with Gasteiger partial charge in [-0.2, -0.15) is 0 Å². The van der Waals surface area contributed by atoms with Gasteiger partial charge in [0.05, 0.1) is 19.8 Å². The Morgan fingerprint density at radius 3 is 2.93 bits per heavy atom. The molecule has 0 saturated carbocycles. The number of carbonyl (C=O) groups is 1. The van der Waals surface area contributed by atoms with E-state index < -0.39 is 0 Å². The van der Waals surface area contributed by atoms with Gasteiger partial charge in [0, 0.05) is 43.5 Å². The number of thiazole rings is 1. The normalized spacial score (nSPS) is 18.3. The van der Waals surface area contributed by atoms with Crippen LogP contribution in [-0.2, 0) is 22.5 Å². The lowest BCUT2D eigenvalue weighted by atomic mass is 9.99. The van der Waals surface area contributed by atoms with Crippen molar-refractivity contribution < 1.29 is 11.0 Å². The van der Waals surface area contributed by atoms with Crippen LogP contribution in [0.3, 0.4) is 0 Å². The number of nitrogens with one attached hydrogen (secondary N) is 1. The molecule has 0 bridgehead atoms. The number of Topliss-reactive ketones (excluding diaryl/α,β-unsaturated/α-hetero) is 1. The van der Waals surface area contributed by atoms with Crippen molar-refractivity contribution in [1.29, 1.82) is 0 Å². The maximum Gasteiger partial charge on any atom is 0.183 e. The van der Waals surface area contributed by atoms with E-state index >= 15 is 0 Å². The number of rotatable bonds is 7. The molecule has 1 N–H and O–H groups in total. The van der Waals surface area contributed by atoms with Gasteiger partial charge in [0.1, 0.15) is 5.78 Å². The minimum atomic E-state index is 0. The van der Waals surface area contributed by atoms with Crippen molar-refractivity contribution in [2.24, 2.45) is 5.92 Å². The molecule has 0 unspecified atom stereocenters. The summed E-state index contributed by atoms with van der Waals surface area (Å²) < 4.78 is 5.86. The second kappa shape index (κ2) is 9.39. The van der Waals surface area contributed by atoms with Gasteiger partial charge in [-0.05, 0) is 50.8 Å². The number of pyridine rings is 1. The average molecular weight is 391 g/mol. The van der Waals surface area contributed by atoms with Crippen LogP contribution < -0.4 is 5.32 Å². The first-order chi connectivity index (χ1) is 13.0. The van der Waals surface area contributed by atoms with Crippen molar-refractivity contribution in [3.63, 3.8) is 0 Å². The van der Waals surface area contributed by atoms with Gasteiger partial charge in [0.15, 0.2) is 5.13 Å². The van der Waals surface area contributed by atoms with Crippen LogP contribution in [0.2, 0.25) is 0 Å². The Balaban J connectivity index is 0.00000280. The number of aryl methyl sites for hydroxylation is 2. The Morgan fingerprint density at radius 1 is 1.41 bits per heavy atom. The van der Waals surface area contributed by atoms with E-state index in [1.54, 1.807) is 18.3 Å². The molecule has 0 aromatic carbocycles. The van der Waals surface area contributed by atoms with Crippen molar-refractivity contribution in [3.05, 3.63) is 40.2 Å². The fraction of sp³-hybridized carbons (Fsp3) is 0.550. The van der Waals surface area contributed by atoms with Crippen molar-refractivity contribution in [3.8, 4) is 0 Å². The molecule has 0 radical (unpaired) electrons. The zero-order chi connectivity index (χ0) is 19.2. The number of hydrogen-bond acceptors (Lipinski definition) is 7. The van der Waals surface area contributed by atoms with Crippen LogP contribution in [-0.4, -0.2) is 53.5 Å². The van der Waals surface area contributed by atoms with E-state index in [4.69, 9.17) is 4.74 Å². The minimum absolute atomic E-state index is 0. The summed E-state index contributed by atoms with van der Waals surface area (Å²) in [4.78, 5) is 23.6. The van der Waals surface area contributed by atoms with Gasteiger partial charge in [-0.3, -0.25) is 14.7 Å². The maximum atomic E-state index is 11.1. The zero-order valence-corrected chi connectivity index (χ0v) is 17.1. The summed E-state index contributed by atoms with van der Waals surface area (Å²) >= 11 is 1.62. The van der Waals surface area contributed by atoms with Gasteiger partial charge in [0.2, 0.25) is 0 Å². The van der Waals surface area contributed by atoms with E-state index in [0.29, 0.717) is 12.5 Å². The first-order valence-electron chi connectivity index (χ1n) is 9.40. The molecule has 2 aromatic heterocycles. The summed E-state index contributed by atoms with van der Waals surface area (Å²) in [5, 5.41) is 3.89. The van der Waals surface area contributed by atoms with E-state index in [0.717, 1.165) is 55.8 Å². The predicted molar refractivity (Wildman–Crippen MR) is 110 cm³/mol. The summed E-state index contributed by atoms with van der Waals surface area (Å²) in [7, 11) is 0. The molecule has 6 nitrogen and oxygen atoms in total. The van der Waals surface area contributed by atoms with Crippen LogP contribution in [0.4, 0.5) is 5.13 Å². The predicted octanol–water partition coefficient (Wildman–Crippen LogP) is 3.09. The Labute approximate surface area is 166 Å². The summed E-state index contributed by atoms with van der Waals surface area (Å²) in [5.74, 6) is 0.581. The molecular formula is C20H30N4O2S. The van der Waals surface area contributed by atoms with Gasteiger partial charge in [-0.1, -0.05) is 0 Å². The number of aromatic nitrogens is 2. The maximum absolute atomic E-state index is 11.1. The van der Waals surface area contributed by atoms with Crippen LogP contribution in [0.25, 0.3) is 0 Å². The Hall–Kier alpha value is -1.83. The second-order valence-electron chi connectivity index (χ2n) is 7.33. The van der Waals surface area contributed by atoms with Crippen molar-refractivity contribution in [2.75, 3.05) is 38.2 Å². The fourth-order valence-electron chi connectivity index (χ4n) is 3.47. The highest BCUT2D eigenvalue weighted by atomic mass is 32.1. The van der Waals surface area contributed by atoms with Crippen LogP contribution >= 0.6 is 11.3 Å². The minimum Gasteiger partial charge on any atom is -0.380 e. The highest BCUT2D eigenvalue weighted by molar-refractivity contribution is 7.15. The number of ether oxygens (including phenoxy) is 1. The van der Waals surface area contributed by atoms with E-state index in [1.807, 2.05) is 20.0 Å². The van der Waals surface area contributed by atoms with Crippen LogP contribution in [0.1, 0.15) is 30.2 Å². The molecule has 148 valence electrons. The molecule has 0 amide bonds.